The van der Waals surface area contributed by atoms with Crippen molar-refractivity contribution in [2.75, 3.05) is 13.1 Å². The Morgan fingerprint density at radius 3 is 2.65 bits per heavy atom. The van der Waals surface area contributed by atoms with Crippen LogP contribution in [0.15, 0.2) is 36.5 Å². The quantitative estimate of drug-likeness (QED) is 0.903. The lowest BCUT2D eigenvalue weighted by Crippen LogP contribution is -2.36. The van der Waals surface area contributed by atoms with E-state index in [4.69, 9.17) is 0 Å². The first-order chi connectivity index (χ1) is 10.8. The van der Waals surface area contributed by atoms with Crippen LogP contribution in [0.1, 0.15) is 41.2 Å². The first-order valence-corrected chi connectivity index (χ1v) is 7.98. The second kappa shape index (κ2) is 6.72. The van der Waals surface area contributed by atoms with E-state index in [1.54, 1.807) is 6.20 Å². The normalized spacial score (nSPS) is 20.1. The number of rotatable bonds is 4. The fourth-order valence-corrected chi connectivity index (χ4v) is 3.10. The molecule has 23 heavy (non-hydrogen) atoms. The highest BCUT2D eigenvalue weighted by molar-refractivity contribution is 5.95. The third-order valence-corrected chi connectivity index (χ3v) is 4.41. The van der Waals surface area contributed by atoms with Crippen molar-refractivity contribution < 1.29 is 4.79 Å². The van der Waals surface area contributed by atoms with Gasteiger partial charge in [-0.05, 0) is 37.9 Å². The number of hydrogen-bond acceptors (Lipinski definition) is 3. The first kappa shape index (κ1) is 16.0. The molecule has 1 unspecified atom stereocenters. The fraction of sp³-hybridized carbons (Fsp3) is 0.412. The van der Waals surface area contributed by atoms with Gasteiger partial charge in [-0.2, -0.15) is 5.10 Å². The highest BCUT2D eigenvalue weighted by Gasteiger charge is 2.33. The zero-order chi connectivity index (χ0) is 14.9. The van der Waals surface area contributed by atoms with Crippen LogP contribution in [0, 0.1) is 0 Å². The van der Waals surface area contributed by atoms with Gasteiger partial charge in [-0.25, -0.2) is 4.68 Å². The predicted molar refractivity (Wildman–Crippen MR) is 91.5 cm³/mol. The van der Waals surface area contributed by atoms with Crippen molar-refractivity contribution in [2.24, 2.45) is 0 Å². The highest BCUT2D eigenvalue weighted by atomic mass is 35.5. The molecule has 2 aliphatic rings. The van der Waals surface area contributed by atoms with Crippen molar-refractivity contribution in [3.63, 3.8) is 0 Å². The molecule has 2 N–H and O–H groups in total. The average molecular weight is 333 g/mol. The topological polar surface area (TPSA) is 59.0 Å². The molecule has 1 saturated heterocycles. The molecule has 1 amide bonds. The molecule has 122 valence electrons. The monoisotopic (exact) mass is 332 g/mol. The molecular formula is C17H21ClN4O. The molecule has 4 rings (SSSR count). The summed E-state index contributed by atoms with van der Waals surface area (Å²) in [6.07, 6.45) is 5.00. The van der Waals surface area contributed by atoms with Crippen molar-refractivity contribution in [3.8, 4) is 5.69 Å². The molecule has 0 spiro atoms. The van der Waals surface area contributed by atoms with E-state index in [1.807, 2.05) is 35.0 Å². The summed E-state index contributed by atoms with van der Waals surface area (Å²) in [6.45, 7) is 1.83. The summed E-state index contributed by atoms with van der Waals surface area (Å²) >= 11 is 0. The SMILES string of the molecule is Cl.O=C(NC1CCNC1)c1cnn(-c2ccccc2)c1C1CC1. The second-order valence-corrected chi connectivity index (χ2v) is 6.13. The Hall–Kier alpha value is -1.85. The molecule has 1 aliphatic carbocycles. The minimum absolute atomic E-state index is 0. The molecule has 5 nitrogen and oxygen atoms in total. The molecule has 6 heteroatoms. The summed E-state index contributed by atoms with van der Waals surface area (Å²) in [5.41, 5.74) is 2.82. The van der Waals surface area contributed by atoms with Crippen LogP contribution < -0.4 is 10.6 Å². The largest absolute Gasteiger partial charge is 0.348 e. The Labute approximate surface area is 141 Å². The fourth-order valence-electron chi connectivity index (χ4n) is 3.10. The van der Waals surface area contributed by atoms with E-state index in [-0.39, 0.29) is 24.4 Å². The molecule has 1 saturated carbocycles. The van der Waals surface area contributed by atoms with Crippen LogP contribution in [0.2, 0.25) is 0 Å². The minimum Gasteiger partial charge on any atom is -0.348 e. The summed E-state index contributed by atoms with van der Waals surface area (Å²) < 4.78 is 1.93. The number of benzene rings is 1. The van der Waals surface area contributed by atoms with Crippen LogP contribution in [0.3, 0.4) is 0 Å². The number of carbonyl (C=O) groups excluding carboxylic acids is 1. The summed E-state index contributed by atoms with van der Waals surface area (Å²) in [5.74, 6) is 0.475. The number of para-hydroxylation sites is 1. The third kappa shape index (κ3) is 3.26. The Morgan fingerprint density at radius 2 is 2.00 bits per heavy atom. The molecule has 2 heterocycles. The summed E-state index contributed by atoms with van der Waals surface area (Å²) in [5, 5.41) is 10.9. The van der Waals surface area contributed by atoms with Gasteiger partial charge in [0, 0.05) is 18.5 Å². The number of nitrogens with zero attached hydrogens (tertiary/aromatic N) is 2. The van der Waals surface area contributed by atoms with Gasteiger partial charge in [0.25, 0.3) is 5.91 Å². The van der Waals surface area contributed by atoms with Crippen molar-refractivity contribution in [1.29, 1.82) is 0 Å². The third-order valence-electron chi connectivity index (χ3n) is 4.41. The molecule has 2 aromatic rings. The van der Waals surface area contributed by atoms with Crippen LogP contribution in [0.25, 0.3) is 5.69 Å². The van der Waals surface area contributed by atoms with Crippen LogP contribution >= 0.6 is 12.4 Å². The lowest BCUT2D eigenvalue weighted by molar-refractivity contribution is 0.0939. The molecule has 1 aromatic heterocycles. The first-order valence-electron chi connectivity index (χ1n) is 7.98. The molecule has 1 aromatic carbocycles. The van der Waals surface area contributed by atoms with Gasteiger partial charge in [-0.1, -0.05) is 18.2 Å². The van der Waals surface area contributed by atoms with Gasteiger partial charge in [0.15, 0.2) is 0 Å². The Morgan fingerprint density at radius 1 is 1.22 bits per heavy atom. The average Bonchev–Trinajstić information content (AvgIpc) is 3.08. The zero-order valence-electron chi connectivity index (χ0n) is 12.9. The lowest BCUT2D eigenvalue weighted by Gasteiger charge is -2.12. The van der Waals surface area contributed by atoms with Crippen LogP contribution in [-0.2, 0) is 0 Å². The van der Waals surface area contributed by atoms with Gasteiger partial charge >= 0.3 is 0 Å². The zero-order valence-corrected chi connectivity index (χ0v) is 13.7. The number of aromatic nitrogens is 2. The molecule has 0 bridgehead atoms. The Bertz CT molecular complexity index is 675. The number of carbonyl (C=O) groups is 1. The molecule has 2 fully saturated rings. The second-order valence-electron chi connectivity index (χ2n) is 6.13. The van der Waals surface area contributed by atoms with Crippen LogP contribution in [0.5, 0.6) is 0 Å². The van der Waals surface area contributed by atoms with E-state index >= 15 is 0 Å². The summed E-state index contributed by atoms with van der Waals surface area (Å²) in [6, 6.07) is 10.3. The number of hydrogen-bond donors (Lipinski definition) is 2. The van der Waals surface area contributed by atoms with Gasteiger partial charge in [-0.3, -0.25) is 4.79 Å². The maximum Gasteiger partial charge on any atom is 0.255 e. The highest BCUT2D eigenvalue weighted by Crippen LogP contribution is 2.42. The Kier molecular flexibility index (Phi) is 4.68. The van der Waals surface area contributed by atoms with E-state index in [1.165, 1.54) is 0 Å². The van der Waals surface area contributed by atoms with E-state index in [9.17, 15) is 4.79 Å². The maximum absolute atomic E-state index is 12.6. The maximum atomic E-state index is 12.6. The van der Waals surface area contributed by atoms with Crippen LogP contribution in [0.4, 0.5) is 0 Å². The smallest absolute Gasteiger partial charge is 0.255 e. The number of halogens is 1. The van der Waals surface area contributed by atoms with Crippen LogP contribution in [-0.4, -0.2) is 34.8 Å². The molecule has 0 radical (unpaired) electrons. The van der Waals surface area contributed by atoms with Crippen molar-refractivity contribution >= 4 is 18.3 Å². The summed E-state index contributed by atoms with van der Waals surface area (Å²) in [4.78, 5) is 12.6. The van der Waals surface area contributed by atoms with Crippen molar-refractivity contribution in [1.82, 2.24) is 20.4 Å². The van der Waals surface area contributed by atoms with Gasteiger partial charge in [0.2, 0.25) is 0 Å². The standard InChI is InChI=1S/C17H20N4O.ClH/c22-17(20-13-8-9-18-10-13)15-11-19-21(16(15)12-6-7-12)14-4-2-1-3-5-14;/h1-5,11-13,18H,6-10H2,(H,20,22);1H. The number of nitrogens with one attached hydrogen (secondary N) is 2. The summed E-state index contributed by atoms with van der Waals surface area (Å²) in [7, 11) is 0. The van der Waals surface area contributed by atoms with Crippen molar-refractivity contribution in [2.45, 2.75) is 31.2 Å². The van der Waals surface area contributed by atoms with Gasteiger partial charge in [-0.15, -0.1) is 12.4 Å². The molecular weight excluding hydrogens is 312 g/mol. The predicted octanol–water partition coefficient (Wildman–Crippen LogP) is 2.26. The van der Waals surface area contributed by atoms with E-state index in [2.05, 4.69) is 15.7 Å². The van der Waals surface area contributed by atoms with E-state index in [0.717, 1.165) is 49.3 Å². The molecule has 1 aliphatic heterocycles. The van der Waals surface area contributed by atoms with Gasteiger partial charge in [0.05, 0.1) is 23.1 Å². The lowest BCUT2D eigenvalue weighted by atomic mass is 10.1. The van der Waals surface area contributed by atoms with Gasteiger partial charge in [0.1, 0.15) is 0 Å². The Balaban J connectivity index is 0.00000156. The van der Waals surface area contributed by atoms with E-state index in [0.29, 0.717) is 5.92 Å². The van der Waals surface area contributed by atoms with Crippen molar-refractivity contribution in [3.05, 3.63) is 47.8 Å². The minimum atomic E-state index is 0. The molecule has 1 atom stereocenters. The van der Waals surface area contributed by atoms with Gasteiger partial charge < -0.3 is 10.6 Å². The van der Waals surface area contributed by atoms with E-state index < -0.39 is 0 Å². The number of amides is 1.